The summed E-state index contributed by atoms with van der Waals surface area (Å²) in [6.07, 6.45) is 8.21. The Morgan fingerprint density at radius 2 is 1.77 bits per heavy atom. The Balaban J connectivity index is 1.61. The van der Waals surface area contributed by atoms with Crippen LogP contribution in [-0.2, 0) is 22.9 Å². The van der Waals surface area contributed by atoms with Gasteiger partial charge in [0, 0.05) is 10.3 Å². The number of sulfonamides is 1. The molecule has 2 aromatic rings. The van der Waals surface area contributed by atoms with Crippen molar-refractivity contribution in [3.05, 3.63) is 62.7 Å². The number of benzene rings is 1. The van der Waals surface area contributed by atoms with E-state index >= 15 is 0 Å². The quantitative estimate of drug-likeness (QED) is 0.766. The van der Waals surface area contributed by atoms with E-state index in [1.54, 1.807) is 12.1 Å². The Kier molecular flexibility index (Phi) is 6.24. The summed E-state index contributed by atoms with van der Waals surface area (Å²) in [5, 5.41) is 1.04. The van der Waals surface area contributed by atoms with Gasteiger partial charge in [-0.05, 0) is 49.0 Å². The first kappa shape index (κ1) is 18.8. The molecule has 138 valence electrons. The largest absolute Gasteiger partial charge is 0.276 e. The first-order valence-electron chi connectivity index (χ1n) is 8.70. The lowest BCUT2D eigenvalue weighted by Gasteiger charge is -2.07. The van der Waals surface area contributed by atoms with Crippen LogP contribution in [0.15, 0.2) is 41.8 Å². The number of amides is 1. The third kappa shape index (κ3) is 5.27. The summed E-state index contributed by atoms with van der Waals surface area (Å²) in [5.41, 5.74) is 4.29. The number of thiophene rings is 1. The molecule has 1 aliphatic carbocycles. The molecule has 1 heterocycles. The monoisotopic (exact) mass is 390 g/mol. The standard InChI is InChI=1S/C19H22N2O3S2/c22-19(18-14-16-10-6-1-2-7-11-17(16)25-18)20-21-26(23,24)13-12-15-8-4-3-5-9-15/h3-5,8-9,12-14,21H,1-2,6-7,10-11H2,(H,20,22)/b13-12+. The van der Waals surface area contributed by atoms with Crippen LogP contribution in [-0.4, -0.2) is 14.3 Å². The van der Waals surface area contributed by atoms with Crippen LogP contribution < -0.4 is 10.3 Å². The zero-order valence-electron chi connectivity index (χ0n) is 14.4. The molecule has 0 bridgehead atoms. The van der Waals surface area contributed by atoms with Gasteiger partial charge in [-0.15, -0.1) is 16.2 Å². The van der Waals surface area contributed by atoms with E-state index in [0.717, 1.165) is 36.7 Å². The summed E-state index contributed by atoms with van der Waals surface area (Å²) < 4.78 is 24.0. The van der Waals surface area contributed by atoms with E-state index in [0.29, 0.717) is 4.88 Å². The number of nitrogens with one attached hydrogen (secondary N) is 2. The van der Waals surface area contributed by atoms with Gasteiger partial charge in [-0.1, -0.05) is 43.2 Å². The van der Waals surface area contributed by atoms with Gasteiger partial charge in [0.05, 0.1) is 4.88 Å². The van der Waals surface area contributed by atoms with Crippen LogP contribution in [0.1, 0.15) is 51.4 Å². The zero-order valence-corrected chi connectivity index (χ0v) is 16.0. The third-order valence-electron chi connectivity index (χ3n) is 4.27. The molecule has 0 unspecified atom stereocenters. The predicted molar refractivity (Wildman–Crippen MR) is 105 cm³/mol. The lowest BCUT2D eigenvalue weighted by atomic mass is 10.00. The summed E-state index contributed by atoms with van der Waals surface area (Å²) in [7, 11) is -3.75. The molecule has 0 atom stereocenters. The van der Waals surface area contributed by atoms with Crippen LogP contribution >= 0.6 is 11.3 Å². The van der Waals surface area contributed by atoms with Crippen molar-refractivity contribution in [2.45, 2.75) is 38.5 Å². The molecule has 1 aliphatic rings. The Morgan fingerprint density at radius 3 is 2.54 bits per heavy atom. The fraction of sp³-hybridized carbons (Fsp3) is 0.316. The molecule has 26 heavy (non-hydrogen) atoms. The average Bonchev–Trinajstić information content (AvgIpc) is 3.01. The SMILES string of the molecule is O=C(NNS(=O)(=O)/C=C/c1ccccc1)c1cc2c(s1)CCCCCC2. The van der Waals surface area contributed by atoms with Crippen LogP contribution in [0, 0.1) is 0 Å². The highest BCUT2D eigenvalue weighted by atomic mass is 32.2. The maximum atomic E-state index is 12.3. The second-order valence-corrected chi connectivity index (χ2v) is 8.99. The fourth-order valence-electron chi connectivity index (χ4n) is 2.90. The van der Waals surface area contributed by atoms with Gasteiger partial charge in [0.2, 0.25) is 0 Å². The van der Waals surface area contributed by atoms with E-state index in [2.05, 4.69) is 10.3 Å². The topological polar surface area (TPSA) is 75.3 Å². The molecule has 0 spiro atoms. The van der Waals surface area contributed by atoms with Crippen LogP contribution in [0.2, 0.25) is 0 Å². The maximum Gasteiger partial charge on any atom is 0.276 e. The second kappa shape index (κ2) is 8.62. The van der Waals surface area contributed by atoms with Crippen molar-refractivity contribution in [1.29, 1.82) is 0 Å². The minimum atomic E-state index is -3.75. The van der Waals surface area contributed by atoms with Gasteiger partial charge >= 0.3 is 0 Å². The van der Waals surface area contributed by atoms with E-state index in [9.17, 15) is 13.2 Å². The number of aryl methyl sites for hydroxylation is 2. The number of hydrazine groups is 1. The Morgan fingerprint density at radius 1 is 1.04 bits per heavy atom. The van der Waals surface area contributed by atoms with Crippen LogP contribution in [0.5, 0.6) is 0 Å². The molecule has 5 nitrogen and oxygen atoms in total. The van der Waals surface area contributed by atoms with Crippen molar-refractivity contribution >= 4 is 33.3 Å². The van der Waals surface area contributed by atoms with E-state index in [4.69, 9.17) is 0 Å². The van der Waals surface area contributed by atoms with Crippen molar-refractivity contribution in [1.82, 2.24) is 10.3 Å². The molecule has 0 fully saturated rings. The van der Waals surface area contributed by atoms with Crippen LogP contribution in [0.25, 0.3) is 6.08 Å². The maximum absolute atomic E-state index is 12.3. The molecule has 0 saturated heterocycles. The van der Waals surface area contributed by atoms with E-state index < -0.39 is 15.9 Å². The van der Waals surface area contributed by atoms with Crippen LogP contribution in [0.4, 0.5) is 0 Å². The van der Waals surface area contributed by atoms with Crippen molar-refractivity contribution in [3.8, 4) is 0 Å². The van der Waals surface area contributed by atoms with Crippen molar-refractivity contribution < 1.29 is 13.2 Å². The van der Waals surface area contributed by atoms with Gasteiger partial charge < -0.3 is 0 Å². The van der Waals surface area contributed by atoms with Crippen molar-refractivity contribution in [2.75, 3.05) is 0 Å². The molecular weight excluding hydrogens is 368 g/mol. The molecule has 1 amide bonds. The lowest BCUT2D eigenvalue weighted by Crippen LogP contribution is -2.40. The summed E-state index contributed by atoms with van der Waals surface area (Å²) in [6, 6.07) is 11.0. The molecule has 0 aliphatic heterocycles. The molecule has 1 aromatic heterocycles. The Bertz CT molecular complexity index is 861. The number of hydrogen-bond acceptors (Lipinski definition) is 4. The highest BCUT2D eigenvalue weighted by Gasteiger charge is 2.17. The van der Waals surface area contributed by atoms with Crippen molar-refractivity contribution in [2.24, 2.45) is 0 Å². The summed E-state index contributed by atoms with van der Waals surface area (Å²) in [4.78, 5) is 16.2. The first-order chi connectivity index (χ1) is 12.5. The molecular formula is C19H22N2O3S2. The van der Waals surface area contributed by atoms with Gasteiger partial charge in [0.15, 0.2) is 0 Å². The molecule has 7 heteroatoms. The van der Waals surface area contributed by atoms with Crippen molar-refractivity contribution in [3.63, 3.8) is 0 Å². The minimum absolute atomic E-state index is 0.418. The number of rotatable bonds is 5. The first-order valence-corrected chi connectivity index (χ1v) is 11.1. The Hall–Kier alpha value is -1.96. The van der Waals surface area contributed by atoms with Gasteiger partial charge in [0.1, 0.15) is 0 Å². The second-order valence-electron chi connectivity index (χ2n) is 6.29. The zero-order chi connectivity index (χ0) is 18.4. The Labute approximate surface area is 158 Å². The van der Waals surface area contributed by atoms with E-state index in [-0.39, 0.29) is 0 Å². The number of carbonyl (C=O) groups excluding carboxylic acids is 1. The van der Waals surface area contributed by atoms with Gasteiger partial charge in [-0.25, -0.2) is 8.42 Å². The van der Waals surface area contributed by atoms with Crippen LogP contribution in [0.3, 0.4) is 0 Å². The van der Waals surface area contributed by atoms with E-state index in [1.165, 1.54) is 40.7 Å². The summed E-state index contributed by atoms with van der Waals surface area (Å²) in [5.74, 6) is -0.418. The highest BCUT2D eigenvalue weighted by molar-refractivity contribution is 7.92. The summed E-state index contributed by atoms with van der Waals surface area (Å²) in [6.45, 7) is 0. The molecule has 3 rings (SSSR count). The van der Waals surface area contributed by atoms with Gasteiger partial charge in [-0.3, -0.25) is 10.2 Å². The fourth-order valence-corrected chi connectivity index (χ4v) is 4.69. The number of fused-ring (bicyclic) bond motifs is 1. The van der Waals surface area contributed by atoms with E-state index in [1.807, 2.05) is 24.3 Å². The minimum Gasteiger partial charge on any atom is -0.273 e. The summed E-state index contributed by atoms with van der Waals surface area (Å²) >= 11 is 1.46. The number of hydrogen-bond donors (Lipinski definition) is 2. The predicted octanol–water partition coefficient (Wildman–Crippen LogP) is 3.64. The van der Waals surface area contributed by atoms with Gasteiger partial charge in [0.25, 0.3) is 15.9 Å². The molecule has 2 N–H and O–H groups in total. The molecule has 0 saturated carbocycles. The molecule has 1 aromatic carbocycles. The average molecular weight is 391 g/mol. The van der Waals surface area contributed by atoms with Gasteiger partial charge in [-0.2, -0.15) is 0 Å². The normalized spacial score (nSPS) is 15.2. The molecule has 0 radical (unpaired) electrons. The highest BCUT2D eigenvalue weighted by Crippen LogP contribution is 2.28. The third-order valence-corrected chi connectivity index (χ3v) is 6.38. The smallest absolute Gasteiger partial charge is 0.273 e. The number of carbonyl (C=O) groups is 1. The lowest BCUT2D eigenvalue weighted by molar-refractivity contribution is 0.0949.